The van der Waals surface area contributed by atoms with Gasteiger partial charge in [0, 0.05) is 34.2 Å². The Balaban J connectivity index is 2.17. The van der Waals surface area contributed by atoms with Gasteiger partial charge in [0.15, 0.2) is 17.4 Å². The van der Waals surface area contributed by atoms with Crippen LogP contribution in [0.2, 0.25) is 0 Å². The van der Waals surface area contributed by atoms with Gasteiger partial charge in [-0.2, -0.15) is 0 Å². The van der Waals surface area contributed by atoms with Crippen LogP contribution in [0.1, 0.15) is 42.5 Å². The van der Waals surface area contributed by atoms with Crippen molar-refractivity contribution in [3.8, 4) is 0 Å². The fourth-order valence-corrected chi connectivity index (χ4v) is 2.96. The number of nitrogens with one attached hydrogen (secondary N) is 1. The number of rotatable bonds is 4. The van der Waals surface area contributed by atoms with Crippen LogP contribution in [0.4, 0.5) is 14.5 Å². The number of ketones is 1. The molecule has 2 aromatic rings. The van der Waals surface area contributed by atoms with Gasteiger partial charge in [-0.05, 0) is 52.8 Å². The van der Waals surface area contributed by atoms with Gasteiger partial charge in [-0.1, -0.05) is 0 Å². The monoisotopic (exact) mass is 320 g/mol. The molecule has 0 unspecified atom stereocenters. The SMILES string of the molecule is Cc1cc(C(=O)CNc2ccc(F)c(F)c2)c(C)n1C(C)(C)C. The van der Waals surface area contributed by atoms with Crippen molar-refractivity contribution in [3.63, 3.8) is 0 Å². The van der Waals surface area contributed by atoms with E-state index in [-0.39, 0.29) is 17.9 Å². The lowest BCUT2D eigenvalue weighted by molar-refractivity contribution is 0.100. The lowest BCUT2D eigenvalue weighted by Crippen LogP contribution is -2.24. The molecule has 0 radical (unpaired) electrons. The van der Waals surface area contributed by atoms with Crippen LogP contribution in [0.5, 0.6) is 0 Å². The van der Waals surface area contributed by atoms with Crippen LogP contribution >= 0.6 is 0 Å². The Labute approximate surface area is 135 Å². The van der Waals surface area contributed by atoms with Crippen LogP contribution in [-0.2, 0) is 5.54 Å². The Hall–Kier alpha value is -2.17. The van der Waals surface area contributed by atoms with Crippen LogP contribution in [0.25, 0.3) is 0 Å². The first-order valence-corrected chi connectivity index (χ1v) is 7.53. The molecule has 0 spiro atoms. The van der Waals surface area contributed by atoms with Gasteiger partial charge >= 0.3 is 0 Å². The van der Waals surface area contributed by atoms with Crippen molar-refractivity contribution in [2.75, 3.05) is 11.9 Å². The molecule has 5 heteroatoms. The van der Waals surface area contributed by atoms with E-state index < -0.39 is 11.6 Å². The molecule has 0 aliphatic rings. The van der Waals surface area contributed by atoms with Gasteiger partial charge in [0.25, 0.3) is 0 Å². The van der Waals surface area contributed by atoms with Gasteiger partial charge in [0.2, 0.25) is 0 Å². The van der Waals surface area contributed by atoms with Crippen molar-refractivity contribution < 1.29 is 13.6 Å². The Bertz CT molecular complexity index is 742. The molecule has 1 aromatic carbocycles. The lowest BCUT2D eigenvalue weighted by Gasteiger charge is -2.25. The largest absolute Gasteiger partial charge is 0.377 e. The van der Waals surface area contributed by atoms with E-state index in [9.17, 15) is 13.6 Å². The summed E-state index contributed by atoms with van der Waals surface area (Å²) in [5, 5.41) is 2.84. The van der Waals surface area contributed by atoms with Gasteiger partial charge in [-0.15, -0.1) is 0 Å². The number of benzene rings is 1. The lowest BCUT2D eigenvalue weighted by atomic mass is 10.1. The minimum Gasteiger partial charge on any atom is -0.377 e. The molecular weight excluding hydrogens is 298 g/mol. The third-order valence-electron chi connectivity index (χ3n) is 3.78. The van der Waals surface area contributed by atoms with Crippen LogP contribution in [0.15, 0.2) is 24.3 Å². The first-order chi connectivity index (χ1) is 10.6. The average molecular weight is 320 g/mol. The number of carbonyl (C=O) groups is 1. The molecule has 0 amide bonds. The molecular formula is C18H22F2N2O. The second-order valence-electron chi connectivity index (χ2n) is 6.70. The molecule has 124 valence electrons. The second-order valence-corrected chi connectivity index (χ2v) is 6.70. The summed E-state index contributed by atoms with van der Waals surface area (Å²) in [5.74, 6) is -1.93. The smallest absolute Gasteiger partial charge is 0.183 e. The number of aromatic nitrogens is 1. The minimum absolute atomic E-state index is 0.0273. The first kappa shape index (κ1) is 17.2. The predicted molar refractivity (Wildman–Crippen MR) is 88.1 cm³/mol. The third-order valence-corrected chi connectivity index (χ3v) is 3.78. The first-order valence-electron chi connectivity index (χ1n) is 7.53. The average Bonchev–Trinajstić information content (AvgIpc) is 2.74. The van der Waals surface area contributed by atoms with E-state index in [0.29, 0.717) is 11.3 Å². The number of Topliss-reactive ketones (excluding diaryl/α,β-unsaturated/α-hetero) is 1. The fraction of sp³-hybridized carbons (Fsp3) is 0.389. The van der Waals surface area contributed by atoms with Gasteiger partial charge < -0.3 is 9.88 Å². The van der Waals surface area contributed by atoms with E-state index in [0.717, 1.165) is 23.5 Å². The summed E-state index contributed by atoms with van der Waals surface area (Å²) >= 11 is 0. The maximum Gasteiger partial charge on any atom is 0.183 e. The van der Waals surface area contributed by atoms with E-state index in [1.54, 1.807) is 0 Å². The fourth-order valence-electron chi connectivity index (χ4n) is 2.96. The zero-order chi connectivity index (χ0) is 17.4. The number of hydrogen-bond acceptors (Lipinski definition) is 2. The summed E-state index contributed by atoms with van der Waals surface area (Å²) in [6.07, 6.45) is 0. The highest BCUT2D eigenvalue weighted by atomic mass is 19.2. The van der Waals surface area contributed by atoms with E-state index in [1.807, 2.05) is 19.9 Å². The van der Waals surface area contributed by atoms with Crippen LogP contribution in [0, 0.1) is 25.5 Å². The molecule has 3 nitrogen and oxygen atoms in total. The number of hydrogen-bond donors (Lipinski definition) is 1. The minimum atomic E-state index is -0.937. The molecule has 0 saturated heterocycles. The summed E-state index contributed by atoms with van der Waals surface area (Å²) in [6.45, 7) is 10.2. The quantitative estimate of drug-likeness (QED) is 0.846. The van der Waals surface area contributed by atoms with Crippen molar-refractivity contribution in [3.05, 3.63) is 52.9 Å². The number of carbonyl (C=O) groups excluding carboxylic acids is 1. The molecule has 0 aliphatic heterocycles. The molecule has 23 heavy (non-hydrogen) atoms. The number of halogens is 2. The van der Waals surface area contributed by atoms with Crippen LogP contribution in [0.3, 0.4) is 0 Å². The van der Waals surface area contributed by atoms with Gasteiger partial charge in [0.1, 0.15) is 0 Å². The summed E-state index contributed by atoms with van der Waals surface area (Å²) in [5.41, 5.74) is 2.84. The van der Waals surface area contributed by atoms with Gasteiger partial charge in [0.05, 0.1) is 6.54 Å². The number of nitrogens with zero attached hydrogens (tertiary/aromatic N) is 1. The molecule has 0 bridgehead atoms. The third kappa shape index (κ3) is 3.60. The maximum atomic E-state index is 13.2. The predicted octanol–water partition coefficient (Wildman–Crippen LogP) is 4.43. The summed E-state index contributed by atoms with van der Waals surface area (Å²) in [7, 11) is 0. The van der Waals surface area contributed by atoms with Crippen molar-refractivity contribution in [2.45, 2.75) is 40.2 Å². The Morgan fingerprint density at radius 1 is 1.13 bits per heavy atom. The summed E-state index contributed by atoms with van der Waals surface area (Å²) in [4.78, 5) is 12.4. The molecule has 1 aromatic heterocycles. The summed E-state index contributed by atoms with van der Waals surface area (Å²) < 4.78 is 28.2. The molecule has 0 aliphatic carbocycles. The zero-order valence-corrected chi connectivity index (χ0v) is 14.1. The molecule has 0 atom stereocenters. The van der Waals surface area contributed by atoms with E-state index in [1.165, 1.54) is 6.07 Å². The standard InChI is InChI=1S/C18H22F2N2O/c1-11-8-14(12(2)22(11)18(3,4)5)17(23)10-21-13-6-7-15(19)16(20)9-13/h6-9,21H,10H2,1-5H3. The topological polar surface area (TPSA) is 34.0 Å². The molecule has 1 N–H and O–H groups in total. The number of aryl methyl sites for hydroxylation is 1. The Morgan fingerprint density at radius 3 is 2.30 bits per heavy atom. The highest BCUT2D eigenvalue weighted by molar-refractivity contribution is 6.00. The maximum absolute atomic E-state index is 13.2. The Kier molecular flexibility index (Phi) is 4.59. The molecule has 0 fully saturated rings. The van der Waals surface area contributed by atoms with Crippen LogP contribution in [-0.4, -0.2) is 16.9 Å². The zero-order valence-electron chi connectivity index (χ0n) is 14.1. The van der Waals surface area contributed by atoms with Gasteiger partial charge in [-0.3, -0.25) is 4.79 Å². The molecule has 2 rings (SSSR count). The van der Waals surface area contributed by atoms with Crippen molar-refractivity contribution in [2.24, 2.45) is 0 Å². The molecule has 0 saturated carbocycles. The van der Waals surface area contributed by atoms with Crippen molar-refractivity contribution in [1.29, 1.82) is 0 Å². The summed E-state index contributed by atoms with van der Waals surface area (Å²) in [6, 6.07) is 5.36. The van der Waals surface area contributed by atoms with Crippen molar-refractivity contribution >= 4 is 11.5 Å². The molecule has 1 heterocycles. The highest BCUT2D eigenvalue weighted by Crippen LogP contribution is 2.25. The normalized spacial score (nSPS) is 11.6. The second kappa shape index (κ2) is 6.14. The Morgan fingerprint density at radius 2 is 1.78 bits per heavy atom. The van der Waals surface area contributed by atoms with E-state index >= 15 is 0 Å². The highest BCUT2D eigenvalue weighted by Gasteiger charge is 2.22. The van der Waals surface area contributed by atoms with Crippen molar-refractivity contribution in [1.82, 2.24) is 4.57 Å². The number of anilines is 1. The van der Waals surface area contributed by atoms with Gasteiger partial charge in [-0.25, -0.2) is 8.78 Å². The van der Waals surface area contributed by atoms with E-state index in [4.69, 9.17) is 0 Å². The van der Waals surface area contributed by atoms with Crippen LogP contribution < -0.4 is 5.32 Å². The van der Waals surface area contributed by atoms with E-state index in [2.05, 4.69) is 30.7 Å².